The molecule has 0 saturated carbocycles. The van der Waals surface area contributed by atoms with E-state index >= 15 is 0 Å². The molecule has 6 nitrogen and oxygen atoms in total. The van der Waals surface area contributed by atoms with Crippen LogP contribution >= 0.6 is 11.3 Å². The van der Waals surface area contributed by atoms with Crippen molar-refractivity contribution < 1.29 is 14.4 Å². The smallest absolute Gasteiger partial charge is 0.262 e. The van der Waals surface area contributed by atoms with Crippen LogP contribution in [-0.2, 0) is 4.79 Å². The van der Waals surface area contributed by atoms with Gasteiger partial charge in [0, 0.05) is 0 Å². The standard InChI is InChI=1S/C21H17N3O3S/c1-12-17(14-8-4-3-5-9-14)28-21(22-12)23-18(25)13(2)24-19(26)15-10-6-7-11-16(15)20(24)27/h3-11,13H,1-2H3,(H,22,23,25). The van der Waals surface area contributed by atoms with E-state index in [9.17, 15) is 14.4 Å². The molecular weight excluding hydrogens is 374 g/mol. The zero-order valence-electron chi connectivity index (χ0n) is 15.3. The fraction of sp³-hybridized carbons (Fsp3) is 0.143. The summed E-state index contributed by atoms with van der Waals surface area (Å²) < 4.78 is 0. The first kappa shape index (κ1) is 18.1. The van der Waals surface area contributed by atoms with Gasteiger partial charge in [-0.2, -0.15) is 0 Å². The van der Waals surface area contributed by atoms with Gasteiger partial charge in [-0.3, -0.25) is 19.3 Å². The fourth-order valence-electron chi connectivity index (χ4n) is 3.19. The molecule has 0 saturated heterocycles. The van der Waals surface area contributed by atoms with Gasteiger partial charge in [0.05, 0.1) is 21.7 Å². The van der Waals surface area contributed by atoms with Gasteiger partial charge in [-0.1, -0.05) is 53.8 Å². The van der Waals surface area contributed by atoms with Crippen LogP contribution in [0.3, 0.4) is 0 Å². The molecule has 0 fully saturated rings. The van der Waals surface area contributed by atoms with Gasteiger partial charge in [-0.15, -0.1) is 0 Å². The average Bonchev–Trinajstić information content (AvgIpc) is 3.19. The summed E-state index contributed by atoms with van der Waals surface area (Å²) in [4.78, 5) is 44.2. The number of nitrogens with one attached hydrogen (secondary N) is 1. The van der Waals surface area contributed by atoms with Crippen molar-refractivity contribution in [3.8, 4) is 10.4 Å². The number of aryl methyl sites for hydroxylation is 1. The Hall–Kier alpha value is -3.32. The number of imide groups is 1. The lowest BCUT2D eigenvalue weighted by molar-refractivity contribution is -0.119. The summed E-state index contributed by atoms with van der Waals surface area (Å²) in [7, 11) is 0. The van der Waals surface area contributed by atoms with Gasteiger partial charge in [0.15, 0.2) is 5.13 Å². The van der Waals surface area contributed by atoms with Crippen LogP contribution in [0, 0.1) is 6.92 Å². The molecular formula is C21H17N3O3S. The van der Waals surface area contributed by atoms with Crippen LogP contribution < -0.4 is 5.32 Å². The second kappa shape index (κ2) is 7.01. The Kier molecular flexibility index (Phi) is 4.52. The van der Waals surface area contributed by atoms with Crippen LogP contribution in [0.2, 0.25) is 0 Å². The van der Waals surface area contributed by atoms with Crippen molar-refractivity contribution in [2.24, 2.45) is 0 Å². The number of benzene rings is 2. The molecule has 1 aliphatic rings. The molecule has 28 heavy (non-hydrogen) atoms. The topological polar surface area (TPSA) is 79.4 Å². The van der Waals surface area contributed by atoms with E-state index in [4.69, 9.17) is 0 Å². The maximum Gasteiger partial charge on any atom is 0.262 e. The lowest BCUT2D eigenvalue weighted by Gasteiger charge is -2.21. The molecule has 1 aromatic heterocycles. The van der Waals surface area contributed by atoms with Gasteiger partial charge >= 0.3 is 0 Å². The first-order valence-corrected chi connectivity index (χ1v) is 9.59. The van der Waals surface area contributed by atoms with Crippen molar-refractivity contribution in [3.05, 3.63) is 71.4 Å². The molecule has 7 heteroatoms. The molecule has 1 unspecified atom stereocenters. The minimum Gasteiger partial charge on any atom is -0.300 e. The number of fused-ring (bicyclic) bond motifs is 1. The SMILES string of the molecule is Cc1nc(NC(=O)C(C)N2C(=O)c3ccccc3C2=O)sc1-c1ccccc1. The summed E-state index contributed by atoms with van der Waals surface area (Å²) in [6.45, 7) is 3.41. The van der Waals surface area contributed by atoms with E-state index in [1.807, 2.05) is 37.3 Å². The second-order valence-electron chi connectivity index (χ2n) is 6.49. The molecule has 1 aliphatic heterocycles. The Morgan fingerprint density at radius 1 is 1.00 bits per heavy atom. The van der Waals surface area contributed by atoms with Crippen molar-refractivity contribution in [2.45, 2.75) is 19.9 Å². The summed E-state index contributed by atoms with van der Waals surface area (Å²) in [5, 5.41) is 3.17. The zero-order valence-corrected chi connectivity index (χ0v) is 16.1. The molecule has 1 N–H and O–H groups in total. The highest BCUT2D eigenvalue weighted by atomic mass is 32.1. The molecule has 3 aromatic rings. The summed E-state index contributed by atoms with van der Waals surface area (Å²) in [5.74, 6) is -1.37. The third-order valence-corrected chi connectivity index (χ3v) is 5.78. The summed E-state index contributed by atoms with van der Waals surface area (Å²) in [6.07, 6.45) is 0. The number of hydrogen-bond donors (Lipinski definition) is 1. The van der Waals surface area contributed by atoms with Gasteiger partial charge in [0.2, 0.25) is 5.91 Å². The quantitative estimate of drug-likeness (QED) is 0.687. The molecule has 0 aliphatic carbocycles. The highest BCUT2D eigenvalue weighted by molar-refractivity contribution is 7.19. The molecule has 140 valence electrons. The largest absolute Gasteiger partial charge is 0.300 e. The molecule has 3 amide bonds. The lowest BCUT2D eigenvalue weighted by Crippen LogP contribution is -2.45. The Bertz CT molecular complexity index is 1060. The van der Waals surface area contributed by atoms with Gasteiger partial charge in [-0.05, 0) is 31.5 Å². The van der Waals surface area contributed by atoms with Crippen molar-refractivity contribution in [2.75, 3.05) is 5.32 Å². The highest BCUT2D eigenvalue weighted by Gasteiger charge is 2.40. The van der Waals surface area contributed by atoms with Crippen molar-refractivity contribution in [1.82, 2.24) is 9.88 Å². The number of carbonyl (C=O) groups excluding carboxylic acids is 3. The molecule has 0 spiro atoms. The van der Waals surface area contributed by atoms with Gasteiger partial charge in [-0.25, -0.2) is 4.98 Å². The van der Waals surface area contributed by atoms with Crippen LogP contribution in [0.4, 0.5) is 5.13 Å². The van der Waals surface area contributed by atoms with E-state index in [0.717, 1.165) is 21.0 Å². The number of anilines is 1. The van der Waals surface area contributed by atoms with Crippen LogP contribution in [0.15, 0.2) is 54.6 Å². The van der Waals surface area contributed by atoms with E-state index in [1.54, 1.807) is 24.3 Å². The van der Waals surface area contributed by atoms with Gasteiger partial charge in [0.25, 0.3) is 11.8 Å². The first-order chi connectivity index (χ1) is 13.5. The predicted octanol–water partition coefficient (Wildman–Crippen LogP) is 3.74. The van der Waals surface area contributed by atoms with E-state index in [1.165, 1.54) is 18.3 Å². The summed E-state index contributed by atoms with van der Waals surface area (Å²) in [5.41, 5.74) is 2.47. The number of hydrogen-bond acceptors (Lipinski definition) is 5. The average molecular weight is 391 g/mol. The first-order valence-electron chi connectivity index (χ1n) is 8.78. The van der Waals surface area contributed by atoms with Crippen molar-refractivity contribution >= 4 is 34.2 Å². The van der Waals surface area contributed by atoms with E-state index in [2.05, 4.69) is 10.3 Å². The maximum atomic E-state index is 12.7. The number of rotatable bonds is 4. The minimum absolute atomic E-state index is 0.323. The number of thiazole rings is 1. The number of carbonyl (C=O) groups is 3. The molecule has 4 rings (SSSR count). The van der Waals surface area contributed by atoms with Crippen LogP contribution in [0.5, 0.6) is 0 Å². The zero-order chi connectivity index (χ0) is 19.8. The molecule has 0 radical (unpaired) electrons. The molecule has 1 atom stereocenters. The Balaban J connectivity index is 1.54. The van der Waals surface area contributed by atoms with Gasteiger partial charge in [0.1, 0.15) is 6.04 Å². The summed E-state index contributed by atoms with van der Waals surface area (Å²) >= 11 is 1.36. The number of nitrogens with zero attached hydrogens (tertiary/aromatic N) is 2. The van der Waals surface area contributed by atoms with E-state index in [-0.39, 0.29) is 0 Å². The number of aromatic nitrogens is 1. The highest BCUT2D eigenvalue weighted by Crippen LogP contribution is 2.33. The second-order valence-corrected chi connectivity index (χ2v) is 7.49. The molecule has 2 aromatic carbocycles. The van der Waals surface area contributed by atoms with E-state index in [0.29, 0.717) is 16.3 Å². The summed E-state index contributed by atoms with van der Waals surface area (Å²) in [6, 6.07) is 15.4. The minimum atomic E-state index is -0.947. The van der Waals surface area contributed by atoms with Crippen molar-refractivity contribution in [3.63, 3.8) is 0 Å². The van der Waals surface area contributed by atoms with E-state index < -0.39 is 23.8 Å². The maximum absolute atomic E-state index is 12.7. The van der Waals surface area contributed by atoms with Crippen LogP contribution in [0.1, 0.15) is 33.3 Å². The fourth-order valence-corrected chi connectivity index (χ4v) is 4.17. The van der Waals surface area contributed by atoms with Crippen LogP contribution in [-0.4, -0.2) is 33.6 Å². The molecule has 2 heterocycles. The van der Waals surface area contributed by atoms with Crippen LogP contribution in [0.25, 0.3) is 10.4 Å². The van der Waals surface area contributed by atoms with Crippen molar-refractivity contribution in [1.29, 1.82) is 0 Å². The third-order valence-electron chi connectivity index (χ3n) is 4.65. The lowest BCUT2D eigenvalue weighted by atomic mass is 10.1. The normalized spacial score (nSPS) is 14.1. The monoisotopic (exact) mass is 391 g/mol. The van der Waals surface area contributed by atoms with Gasteiger partial charge < -0.3 is 5.32 Å². The number of amides is 3. The Morgan fingerprint density at radius 2 is 1.57 bits per heavy atom. The third kappa shape index (κ3) is 2.99. The molecule has 0 bridgehead atoms. The predicted molar refractivity (Wildman–Crippen MR) is 107 cm³/mol. The Morgan fingerprint density at radius 3 is 2.18 bits per heavy atom. The Labute approximate surface area is 165 Å².